The number of aromatic nitrogens is 1. The van der Waals surface area contributed by atoms with E-state index in [1.165, 1.54) is 12.1 Å². The van der Waals surface area contributed by atoms with Crippen LogP contribution in [0.1, 0.15) is 11.3 Å². The highest BCUT2D eigenvalue weighted by atomic mass is 32.2. The first-order valence-electron chi connectivity index (χ1n) is 5.92. The lowest BCUT2D eigenvalue weighted by molar-refractivity contribution is 0.304. The van der Waals surface area contributed by atoms with Gasteiger partial charge in [-0.3, -0.25) is 4.21 Å². The smallest absolute Gasteiger partial charge is 0.213 e. The van der Waals surface area contributed by atoms with Crippen LogP contribution in [0.25, 0.3) is 0 Å². The highest BCUT2D eigenvalue weighted by Crippen LogP contribution is 2.17. The molecule has 0 bridgehead atoms. The number of aryl methyl sites for hydroxylation is 1. The molecule has 2 rings (SSSR count). The average Bonchev–Trinajstić information content (AvgIpc) is 2.45. The van der Waals surface area contributed by atoms with Gasteiger partial charge in [-0.25, -0.2) is 4.98 Å². The van der Waals surface area contributed by atoms with Crippen molar-refractivity contribution < 1.29 is 18.2 Å². The van der Waals surface area contributed by atoms with Gasteiger partial charge in [0, 0.05) is 16.7 Å². The molecule has 0 aliphatic heterocycles. The van der Waals surface area contributed by atoms with E-state index in [0.29, 0.717) is 18.2 Å². The fourth-order valence-corrected chi connectivity index (χ4v) is 2.07. The largest absolute Gasteiger partial charge is 0.768 e. The molecule has 0 saturated heterocycles. The van der Waals surface area contributed by atoms with Gasteiger partial charge in [-0.15, -0.1) is 0 Å². The Morgan fingerprint density at radius 2 is 1.95 bits per heavy atom. The van der Waals surface area contributed by atoms with E-state index in [0.717, 1.165) is 11.3 Å². The number of hydrogen-bond acceptors (Lipinski definition) is 5. The van der Waals surface area contributed by atoms with Crippen LogP contribution in [0.4, 0.5) is 0 Å². The minimum absolute atomic E-state index is 0.235. The van der Waals surface area contributed by atoms with Crippen LogP contribution in [-0.4, -0.2) is 20.9 Å². The second kappa shape index (κ2) is 6.49. The van der Waals surface area contributed by atoms with Crippen LogP contribution in [0.3, 0.4) is 0 Å². The Balaban J connectivity index is 2.04. The Kier molecular flexibility index (Phi) is 4.70. The summed E-state index contributed by atoms with van der Waals surface area (Å²) < 4.78 is 32.2. The van der Waals surface area contributed by atoms with Gasteiger partial charge in [0.1, 0.15) is 12.4 Å². The lowest BCUT2D eigenvalue weighted by atomic mass is 10.2. The SMILES string of the molecule is COc1cc(COc2ccc(S(=O)[O-])cc2)cc(C)n1. The minimum Gasteiger partial charge on any atom is -0.768 e. The predicted molar refractivity (Wildman–Crippen MR) is 73.5 cm³/mol. The van der Waals surface area contributed by atoms with Crippen molar-refractivity contribution >= 4 is 11.1 Å². The summed E-state index contributed by atoms with van der Waals surface area (Å²) in [7, 11) is 1.56. The Hall–Kier alpha value is -1.92. The number of methoxy groups -OCH3 is 1. The van der Waals surface area contributed by atoms with E-state index in [1.807, 2.05) is 13.0 Å². The maximum atomic E-state index is 10.7. The number of benzene rings is 1. The number of hydrogen-bond donors (Lipinski definition) is 0. The zero-order valence-electron chi connectivity index (χ0n) is 11.2. The maximum absolute atomic E-state index is 10.7. The predicted octanol–water partition coefficient (Wildman–Crippen LogP) is 2.22. The first-order valence-corrected chi connectivity index (χ1v) is 6.99. The van der Waals surface area contributed by atoms with E-state index in [-0.39, 0.29) is 4.90 Å². The van der Waals surface area contributed by atoms with Crippen LogP contribution in [-0.2, 0) is 17.7 Å². The molecular formula is C14H14NO4S-. The van der Waals surface area contributed by atoms with Gasteiger partial charge in [0.2, 0.25) is 5.88 Å². The summed E-state index contributed by atoms with van der Waals surface area (Å²) in [5.74, 6) is 1.15. The molecule has 0 aliphatic carbocycles. The van der Waals surface area contributed by atoms with Crippen molar-refractivity contribution in [3.63, 3.8) is 0 Å². The number of nitrogens with zero attached hydrogens (tertiary/aromatic N) is 1. The summed E-state index contributed by atoms with van der Waals surface area (Å²) in [5.41, 5.74) is 1.78. The molecule has 1 unspecified atom stereocenters. The van der Waals surface area contributed by atoms with Crippen LogP contribution in [0.15, 0.2) is 41.3 Å². The summed E-state index contributed by atoms with van der Waals surface area (Å²) in [6, 6.07) is 9.94. The van der Waals surface area contributed by atoms with Gasteiger partial charge in [-0.05, 0) is 53.9 Å². The first-order chi connectivity index (χ1) is 9.58. The van der Waals surface area contributed by atoms with Gasteiger partial charge < -0.3 is 14.0 Å². The van der Waals surface area contributed by atoms with Crippen molar-refractivity contribution in [2.45, 2.75) is 18.4 Å². The van der Waals surface area contributed by atoms with Gasteiger partial charge in [0.05, 0.1) is 7.11 Å². The van der Waals surface area contributed by atoms with E-state index in [9.17, 15) is 8.76 Å². The Morgan fingerprint density at radius 1 is 1.25 bits per heavy atom. The van der Waals surface area contributed by atoms with Gasteiger partial charge in [-0.2, -0.15) is 0 Å². The molecule has 5 nitrogen and oxygen atoms in total. The maximum Gasteiger partial charge on any atom is 0.213 e. The molecule has 2 aromatic rings. The van der Waals surface area contributed by atoms with Crippen LogP contribution >= 0.6 is 0 Å². The highest BCUT2D eigenvalue weighted by Gasteiger charge is 2.02. The van der Waals surface area contributed by atoms with E-state index >= 15 is 0 Å². The van der Waals surface area contributed by atoms with Crippen LogP contribution < -0.4 is 9.47 Å². The van der Waals surface area contributed by atoms with Crippen molar-refractivity contribution in [2.75, 3.05) is 7.11 Å². The second-order valence-corrected chi connectivity index (χ2v) is 5.09. The monoisotopic (exact) mass is 292 g/mol. The lowest BCUT2D eigenvalue weighted by Crippen LogP contribution is -1.99. The standard InChI is InChI=1S/C14H15NO4S/c1-10-7-11(8-14(15-10)18-2)9-19-12-3-5-13(6-4-12)20(16)17/h3-8H,9H2,1-2H3,(H,16,17)/p-1. The molecular weight excluding hydrogens is 278 g/mol. The topological polar surface area (TPSA) is 71.5 Å². The normalized spacial score (nSPS) is 11.9. The molecule has 106 valence electrons. The molecule has 1 atom stereocenters. The molecule has 1 aromatic carbocycles. The summed E-state index contributed by atoms with van der Waals surface area (Å²) in [5, 5.41) is 0. The summed E-state index contributed by atoms with van der Waals surface area (Å²) in [6.07, 6.45) is 0. The zero-order chi connectivity index (χ0) is 14.5. The van der Waals surface area contributed by atoms with E-state index < -0.39 is 11.1 Å². The summed E-state index contributed by atoms with van der Waals surface area (Å²) >= 11 is -2.21. The lowest BCUT2D eigenvalue weighted by Gasteiger charge is -2.10. The zero-order valence-corrected chi connectivity index (χ0v) is 12.0. The number of pyridine rings is 1. The summed E-state index contributed by atoms with van der Waals surface area (Å²) in [6.45, 7) is 2.24. The van der Waals surface area contributed by atoms with E-state index in [2.05, 4.69) is 4.98 Å². The van der Waals surface area contributed by atoms with Gasteiger partial charge >= 0.3 is 0 Å². The Morgan fingerprint density at radius 3 is 2.55 bits per heavy atom. The Labute approximate surface area is 119 Å². The second-order valence-electron chi connectivity index (χ2n) is 4.15. The van der Waals surface area contributed by atoms with Gasteiger partial charge in [0.15, 0.2) is 0 Å². The molecule has 0 N–H and O–H groups in total. The van der Waals surface area contributed by atoms with E-state index in [4.69, 9.17) is 9.47 Å². The van der Waals surface area contributed by atoms with Crippen LogP contribution in [0, 0.1) is 6.92 Å². The minimum atomic E-state index is -2.21. The third-order valence-corrected chi connectivity index (χ3v) is 3.28. The number of rotatable bonds is 5. The molecule has 0 radical (unpaired) electrons. The number of ether oxygens (including phenoxy) is 2. The van der Waals surface area contributed by atoms with Crippen molar-refractivity contribution in [1.29, 1.82) is 0 Å². The third kappa shape index (κ3) is 3.79. The molecule has 1 aromatic heterocycles. The molecule has 0 aliphatic rings. The van der Waals surface area contributed by atoms with Crippen LogP contribution in [0.5, 0.6) is 11.6 Å². The van der Waals surface area contributed by atoms with E-state index in [1.54, 1.807) is 25.3 Å². The fourth-order valence-electron chi connectivity index (χ4n) is 1.71. The first kappa shape index (κ1) is 14.5. The van der Waals surface area contributed by atoms with Crippen molar-refractivity contribution in [3.05, 3.63) is 47.7 Å². The molecule has 0 fully saturated rings. The molecule has 0 spiro atoms. The fraction of sp³-hybridized carbons (Fsp3) is 0.214. The third-order valence-electron chi connectivity index (χ3n) is 2.62. The molecule has 0 saturated carbocycles. The molecule has 20 heavy (non-hydrogen) atoms. The van der Waals surface area contributed by atoms with Gasteiger partial charge in [0.25, 0.3) is 0 Å². The van der Waals surface area contributed by atoms with Gasteiger partial charge in [-0.1, -0.05) is 0 Å². The van der Waals surface area contributed by atoms with Crippen molar-refractivity contribution in [1.82, 2.24) is 4.98 Å². The molecule has 1 heterocycles. The summed E-state index contributed by atoms with van der Waals surface area (Å²) in [4.78, 5) is 4.43. The van der Waals surface area contributed by atoms with Crippen LogP contribution in [0.2, 0.25) is 0 Å². The quantitative estimate of drug-likeness (QED) is 0.790. The van der Waals surface area contributed by atoms with Crippen molar-refractivity contribution in [2.24, 2.45) is 0 Å². The highest BCUT2D eigenvalue weighted by molar-refractivity contribution is 7.79. The average molecular weight is 292 g/mol. The Bertz CT molecular complexity index is 613. The molecule has 6 heteroatoms. The molecule has 0 amide bonds. The van der Waals surface area contributed by atoms with Crippen molar-refractivity contribution in [3.8, 4) is 11.6 Å².